The predicted molar refractivity (Wildman–Crippen MR) is 110 cm³/mol. The van der Waals surface area contributed by atoms with Crippen molar-refractivity contribution in [3.63, 3.8) is 0 Å². The predicted octanol–water partition coefficient (Wildman–Crippen LogP) is 3.41. The van der Waals surface area contributed by atoms with Crippen LogP contribution in [0.1, 0.15) is 73.1 Å². The molecule has 0 aliphatic carbocycles. The number of hydrogen-bond acceptors (Lipinski definition) is 8. The first-order valence-corrected chi connectivity index (χ1v) is 10.8. The van der Waals surface area contributed by atoms with Crippen molar-refractivity contribution >= 4 is 23.9 Å². The van der Waals surface area contributed by atoms with Crippen LogP contribution in [0.3, 0.4) is 0 Å². The Bertz CT molecular complexity index is 507. The molecule has 0 rings (SSSR count). The van der Waals surface area contributed by atoms with E-state index in [4.69, 9.17) is 18.9 Å². The molecule has 173 valence electrons. The van der Waals surface area contributed by atoms with Gasteiger partial charge < -0.3 is 18.9 Å². The number of unbranched alkanes of at least 4 members (excludes halogenated alkanes) is 4. The van der Waals surface area contributed by atoms with Crippen LogP contribution in [0.2, 0.25) is 0 Å². The third kappa shape index (κ3) is 9.59. The summed E-state index contributed by atoms with van der Waals surface area (Å²) < 4.78 is 20.0. The van der Waals surface area contributed by atoms with E-state index in [1.54, 1.807) is 34.6 Å². The van der Waals surface area contributed by atoms with Gasteiger partial charge in [0.05, 0.1) is 26.4 Å². The summed E-state index contributed by atoms with van der Waals surface area (Å²) in [6.07, 6.45) is 5.28. The maximum atomic E-state index is 12.2. The third-order valence-corrected chi connectivity index (χ3v) is 4.59. The first kappa shape index (κ1) is 27.9. The SMILES string of the molecule is CCOC(=O)C(CC[CH]CCCCC(C)(C(=O)OCC)C(=O)OCC)C(=O)OCC. The monoisotopic (exact) mass is 429 g/mol. The first-order chi connectivity index (χ1) is 14.3. The van der Waals surface area contributed by atoms with E-state index in [-0.39, 0.29) is 26.4 Å². The van der Waals surface area contributed by atoms with Gasteiger partial charge in [-0.15, -0.1) is 0 Å². The molecule has 30 heavy (non-hydrogen) atoms. The van der Waals surface area contributed by atoms with Gasteiger partial charge in [-0.25, -0.2) is 0 Å². The average Bonchev–Trinajstić information content (AvgIpc) is 2.70. The first-order valence-electron chi connectivity index (χ1n) is 10.8. The van der Waals surface area contributed by atoms with Crippen LogP contribution < -0.4 is 0 Å². The highest BCUT2D eigenvalue weighted by Crippen LogP contribution is 2.29. The highest BCUT2D eigenvalue weighted by molar-refractivity contribution is 5.99. The second kappa shape index (κ2) is 15.7. The fraction of sp³-hybridized carbons (Fsp3) is 0.773. The van der Waals surface area contributed by atoms with Crippen LogP contribution in [0.4, 0.5) is 0 Å². The number of rotatable bonds is 16. The van der Waals surface area contributed by atoms with Gasteiger partial charge in [0.15, 0.2) is 11.3 Å². The van der Waals surface area contributed by atoms with Crippen LogP contribution in [0.15, 0.2) is 0 Å². The summed E-state index contributed by atoms with van der Waals surface area (Å²) in [6.45, 7) is 9.12. The van der Waals surface area contributed by atoms with E-state index in [0.717, 1.165) is 12.8 Å². The fourth-order valence-electron chi connectivity index (χ4n) is 2.88. The minimum Gasteiger partial charge on any atom is -0.465 e. The summed E-state index contributed by atoms with van der Waals surface area (Å²) in [5, 5.41) is 0. The van der Waals surface area contributed by atoms with Gasteiger partial charge in [-0.05, 0) is 60.3 Å². The van der Waals surface area contributed by atoms with Crippen LogP contribution in [-0.2, 0) is 38.1 Å². The molecule has 0 aromatic carbocycles. The Morgan fingerprint density at radius 1 is 0.733 bits per heavy atom. The van der Waals surface area contributed by atoms with E-state index >= 15 is 0 Å². The number of ether oxygens (including phenoxy) is 4. The highest BCUT2D eigenvalue weighted by Gasteiger charge is 2.43. The van der Waals surface area contributed by atoms with Gasteiger partial charge in [-0.3, -0.25) is 19.2 Å². The number of hydrogen-bond donors (Lipinski definition) is 0. The van der Waals surface area contributed by atoms with Crippen molar-refractivity contribution in [1.29, 1.82) is 0 Å². The normalized spacial score (nSPS) is 11.1. The van der Waals surface area contributed by atoms with Crippen molar-refractivity contribution in [2.45, 2.75) is 73.1 Å². The quantitative estimate of drug-likeness (QED) is 0.159. The minimum absolute atomic E-state index is 0.198. The summed E-state index contributed by atoms with van der Waals surface area (Å²) in [7, 11) is 0. The zero-order valence-corrected chi connectivity index (χ0v) is 19.0. The molecule has 0 unspecified atom stereocenters. The molecule has 1 radical (unpaired) electrons. The van der Waals surface area contributed by atoms with Gasteiger partial charge in [-0.2, -0.15) is 0 Å². The van der Waals surface area contributed by atoms with E-state index in [2.05, 4.69) is 0 Å². The van der Waals surface area contributed by atoms with Gasteiger partial charge in [0.25, 0.3) is 0 Å². The van der Waals surface area contributed by atoms with Gasteiger partial charge in [0.1, 0.15) is 0 Å². The molecule has 0 N–H and O–H groups in total. The Labute approximate surface area is 180 Å². The molecule has 0 fully saturated rings. The molecule has 0 heterocycles. The second-order valence-electron chi connectivity index (χ2n) is 6.94. The van der Waals surface area contributed by atoms with Gasteiger partial charge >= 0.3 is 23.9 Å². The molecule has 0 spiro atoms. The fourth-order valence-corrected chi connectivity index (χ4v) is 2.88. The topological polar surface area (TPSA) is 105 Å². The summed E-state index contributed by atoms with van der Waals surface area (Å²) in [6, 6.07) is 0. The summed E-state index contributed by atoms with van der Waals surface area (Å²) in [5.41, 5.74) is -1.31. The molecule has 0 saturated carbocycles. The Morgan fingerprint density at radius 3 is 1.63 bits per heavy atom. The van der Waals surface area contributed by atoms with E-state index in [1.165, 1.54) is 0 Å². The molecular weight excluding hydrogens is 392 g/mol. The molecule has 0 aliphatic heterocycles. The average molecular weight is 430 g/mol. The lowest BCUT2D eigenvalue weighted by molar-refractivity contribution is -0.171. The van der Waals surface area contributed by atoms with Crippen LogP contribution in [-0.4, -0.2) is 50.3 Å². The lowest BCUT2D eigenvalue weighted by atomic mass is 9.84. The lowest BCUT2D eigenvalue weighted by Crippen LogP contribution is -2.39. The lowest BCUT2D eigenvalue weighted by Gasteiger charge is -2.24. The maximum absolute atomic E-state index is 12.2. The third-order valence-electron chi connectivity index (χ3n) is 4.59. The van der Waals surface area contributed by atoms with E-state index < -0.39 is 35.2 Å². The molecule has 0 saturated heterocycles. The second-order valence-corrected chi connectivity index (χ2v) is 6.94. The zero-order valence-electron chi connectivity index (χ0n) is 19.0. The van der Waals surface area contributed by atoms with Crippen LogP contribution in [0.25, 0.3) is 0 Å². The molecule has 0 aliphatic rings. The molecule has 8 nitrogen and oxygen atoms in total. The van der Waals surface area contributed by atoms with Crippen LogP contribution in [0.5, 0.6) is 0 Å². The molecule has 0 aromatic heterocycles. The van der Waals surface area contributed by atoms with Crippen molar-refractivity contribution in [2.75, 3.05) is 26.4 Å². The summed E-state index contributed by atoms with van der Waals surface area (Å²) in [5.74, 6) is -3.19. The van der Waals surface area contributed by atoms with Crippen LogP contribution in [0, 0.1) is 17.8 Å². The molecular formula is C22H37O8. The maximum Gasteiger partial charge on any atom is 0.323 e. The Kier molecular flexibility index (Phi) is 14.6. The van der Waals surface area contributed by atoms with Crippen molar-refractivity contribution in [3.8, 4) is 0 Å². The van der Waals surface area contributed by atoms with Gasteiger partial charge in [0, 0.05) is 0 Å². The number of carbonyl (C=O) groups is 4. The number of esters is 4. The standard InChI is InChI=1S/C22H37O8/c1-6-27-18(23)17(19(24)28-7-2)15-13-11-10-12-14-16-22(5,20(25)29-8-3)21(26)30-9-4/h11,17H,6-10,12-16H2,1-5H3. The molecule has 8 heteroatoms. The number of carbonyl (C=O) groups excluding carboxylic acids is 4. The Morgan fingerprint density at radius 2 is 1.20 bits per heavy atom. The smallest absolute Gasteiger partial charge is 0.323 e. The zero-order chi connectivity index (χ0) is 23.0. The highest BCUT2D eigenvalue weighted by atomic mass is 16.6. The Hall–Kier alpha value is -2.12. The van der Waals surface area contributed by atoms with Crippen molar-refractivity contribution in [2.24, 2.45) is 11.3 Å². The van der Waals surface area contributed by atoms with Gasteiger partial charge in [-0.1, -0.05) is 19.3 Å². The van der Waals surface area contributed by atoms with E-state index in [9.17, 15) is 19.2 Å². The van der Waals surface area contributed by atoms with Gasteiger partial charge in [0.2, 0.25) is 0 Å². The molecule has 0 bridgehead atoms. The van der Waals surface area contributed by atoms with Crippen molar-refractivity contribution in [3.05, 3.63) is 6.42 Å². The molecule has 0 atom stereocenters. The van der Waals surface area contributed by atoms with Crippen molar-refractivity contribution < 1.29 is 38.1 Å². The summed E-state index contributed by atoms with van der Waals surface area (Å²) in [4.78, 5) is 48.4. The molecule has 0 amide bonds. The summed E-state index contributed by atoms with van der Waals surface area (Å²) >= 11 is 0. The largest absolute Gasteiger partial charge is 0.465 e. The molecule has 0 aromatic rings. The van der Waals surface area contributed by atoms with Crippen LogP contribution >= 0.6 is 0 Å². The van der Waals surface area contributed by atoms with Crippen molar-refractivity contribution in [1.82, 2.24) is 0 Å². The Balaban J connectivity index is 4.47. The van der Waals surface area contributed by atoms with E-state index in [0.29, 0.717) is 25.7 Å². The van der Waals surface area contributed by atoms with E-state index in [1.807, 2.05) is 6.42 Å². The minimum atomic E-state index is -1.31.